The summed E-state index contributed by atoms with van der Waals surface area (Å²) in [4.78, 5) is 2.60. The van der Waals surface area contributed by atoms with Gasteiger partial charge in [0.25, 0.3) is 0 Å². The minimum Gasteiger partial charge on any atom is -0.493 e. The number of nitrogens with zero attached hydrogens (tertiary/aromatic N) is 1. The normalized spacial score (nSPS) is 16.2. The Kier molecular flexibility index (Phi) is 6.56. The topological polar surface area (TPSA) is 12.5 Å². The van der Waals surface area contributed by atoms with Gasteiger partial charge in [-0.05, 0) is 62.8 Å². The molecule has 1 atom stereocenters. The van der Waals surface area contributed by atoms with Crippen molar-refractivity contribution in [1.29, 1.82) is 0 Å². The first-order valence-corrected chi connectivity index (χ1v) is 8.68. The van der Waals surface area contributed by atoms with Crippen molar-refractivity contribution in [1.82, 2.24) is 4.90 Å². The summed E-state index contributed by atoms with van der Waals surface area (Å²) < 4.78 is 5.81. The average Bonchev–Trinajstić information content (AvgIpc) is 3.34. The minimum atomic E-state index is 0.655. The lowest BCUT2D eigenvalue weighted by molar-refractivity contribution is 0.192. The molecule has 0 aliphatic heterocycles. The molecule has 0 unspecified atom stereocenters. The highest BCUT2D eigenvalue weighted by molar-refractivity contribution is 5.27. The summed E-state index contributed by atoms with van der Waals surface area (Å²) in [6.45, 7) is 10.0. The first kappa shape index (κ1) is 16.4. The van der Waals surface area contributed by atoms with Gasteiger partial charge in [0.15, 0.2) is 0 Å². The largest absolute Gasteiger partial charge is 0.493 e. The van der Waals surface area contributed by atoms with Gasteiger partial charge in [0.05, 0.1) is 6.61 Å². The van der Waals surface area contributed by atoms with E-state index in [2.05, 4.69) is 49.9 Å². The third-order valence-corrected chi connectivity index (χ3v) is 4.50. The lowest BCUT2D eigenvalue weighted by atomic mass is 10.1. The molecule has 0 amide bonds. The molecule has 0 spiro atoms. The summed E-state index contributed by atoms with van der Waals surface area (Å²) >= 11 is 0. The Morgan fingerprint density at radius 2 is 1.90 bits per heavy atom. The van der Waals surface area contributed by atoms with Crippen LogP contribution >= 0.6 is 0 Å². The smallest absolute Gasteiger partial charge is 0.119 e. The first-order chi connectivity index (χ1) is 10.2. The number of hydrogen-bond acceptors (Lipinski definition) is 2. The van der Waals surface area contributed by atoms with E-state index in [9.17, 15) is 0 Å². The molecule has 1 aliphatic rings. The van der Waals surface area contributed by atoms with Crippen molar-refractivity contribution in [2.75, 3.05) is 13.2 Å². The lowest BCUT2D eigenvalue weighted by Crippen LogP contribution is -2.32. The number of benzene rings is 1. The van der Waals surface area contributed by atoms with E-state index in [1.54, 1.807) is 0 Å². The maximum absolute atomic E-state index is 5.81. The Bertz CT molecular complexity index is 397. The molecule has 0 radical (unpaired) electrons. The van der Waals surface area contributed by atoms with Crippen molar-refractivity contribution in [3.8, 4) is 5.75 Å². The van der Waals surface area contributed by atoms with Crippen LogP contribution in [0.1, 0.15) is 58.4 Å². The van der Waals surface area contributed by atoms with E-state index in [0.29, 0.717) is 6.04 Å². The molecule has 0 aromatic heterocycles. The fraction of sp³-hybridized carbons (Fsp3) is 0.684. The zero-order chi connectivity index (χ0) is 15.1. The highest BCUT2D eigenvalue weighted by Crippen LogP contribution is 2.29. The molecule has 1 saturated carbocycles. The van der Waals surface area contributed by atoms with Gasteiger partial charge in [0, 0.05) is 12.6 Å². The van der Waals surface area contributed by atoms with Gasteiger partial charge in [-0.1, -0.05) is 32.4 Å². The predicted molar refractivity (Wildman–Crippen MR) is 89.7 cm³/mol. The number of unbranched alkanes of at least 4 members (excludes halogenated alkanes) is 1. The summed E-state index contributed by atoms with van der Waals surface area (Å²) in [5.41, 5.74) is 1.39. The molecule has 0 N–H and O–H groups in total. The van der Waals surface area contributed by atoms with E-state index in [-0.39, 0.29) is 0 Å². The van der Waals surface area contributed by atoms with E-state index in [0.717, 1.165) is 24.8 Å². The molecule has 1 aromatic carbocycles. The van der Waals surface area contributed by atoms with Crippen LogP contribution in [0.3, 0.4) is 0 Å². The molecule has 1 aromatic rings. The van der Waals surface area contributed by atoms with Crippen molar-refractivity contribution in [3.63, 3.8) is 0 Å². The third kappa shape index (κ3) is 5.70. The maximum Gasteiger partial charge on any atom is 0.119 e. The van der Waals surface area contributed by atoms with Crippen molar-refractivity contribution < 1.29 is 4.74 Å². The van der Waals surface area contributed by atoms with Crippen LogP contribution in [0.2, 0.25) is 0 Å². The van der Waals surface area contributed by atoms with Crippen LogP contribution in [0.5, 0.6) is 5.75 Å². The Morgan fingerprint density at radius 1 is 1.19 bits per heavy atom. The van der Waals surface area contributed by atoms with Crippen molar-refractivity contribution in [2.45, 2.75) is 65.5 Å². The molecule has 0 bridgehead atoms. The van der Waals surface area contributed by atoms with E-state index in [1.165, 1.54) is 44.2 Å². The Hall–Kier alpha value is -1.02. The molecule has 118 valence electrons. The number of hydrogen-bond donors (Lipinski definition) is 0. The molecule has 0 saturated heterocycles. The van der Waals surface area contributed by atoms with E-state index in [1.807, 2.05) is 0 Å². The molecule has 1 fully saturated rings. The van der Waals surface area contributed by atoms with Gasteiger partial charge in [0.1, 0.15) is 5.75 Å². The van der Waals surface area contributed by atoms with Gasteiger partial charge in [0.2, 0.25) is 0 Å². The summed E-state index contributed by atoms with van der Waals surface area (Å²) in [6.07, 6.45) is 6.46. The molecule has 21 heavy (non-hydrogen) atoms. The van der Waals surface area contributed by atoms with E-state index >= 15 is 0 Å². The summed E-state index contributed by atoms with van der Waals surface area (Å²) in [5, 5.41) is 0. The van der Waals surface area contributed by atoms with Gasteiger partial charge in [-0.2, -0.15) is 0 Å². The summed E-state index contributed by atoms with van der Waals surface area (Å²) in [6, 6.07) is 9.37. The van der Waals surface area contributed by atoms with Crippen molar-refractivity contribution >= 4 is 0 Å². The number of rotatable bonds is 10. The molecular weight excluding hydrogens is 258 g/mol. The monoisotopic (exact) mass is 289 g/mol. The van der Waals surface area contributed by atoms with Crippen LogP contribution < -0.4 is 4.74 Å². The van der Waals surface area contributed by atoms with Gasteiger partial charge in [-0.15, -0.1) is 0 Å². The predicted octanol–water partition coefficient (Wildman–Crippen LogP) is 4.88. The second kappa shape index (κ2) is 8.43. The van der Waals surface area contributed by atoms with Gasteiger partial charge in [-0.25, -0.2) is 0 Å². The second-order valence-corrected chi connectivity index (χ2v) is 6.48. The van der Waals surface area contributed by atoms with Gasteiger partial charge < -0.3 is 4.74 Å². The quantitative estimate of drug-likeness (QED) is 0.609. The molecule has 1 aliphatic carbocycles. The first-order valence-electron chi connectivity index (χ1n) is 8.68. The van der Waals surface area contributed by atoms with Crippen LogP contribution in [0.15, 0.2) is 24.3 Å². The fourth-order valence-corrected chi connectivity index (χ4v) is 2.50. The van der Waals surface area contributed by atoms with Crippen LogP contribution in [-0.4, -0.2) is 24.1 Å². The Morgan fingerprint density at radius 3 is 2.48 bits per heavy atom. The lowest BCUT2D eigenvalue weighted by Gasteiger charge is -2.28. The molecule has 2 heteroatoms. The second-order valence-electron chi connectivity index (χ2n) is 6.48. The van der Waals surface area contributed by atoms with E-state index in [4.69, 9.17) is 4.74 Å². The van der Waals surface area contributed by atoms with Crippen molar-refractivity contribution in [2.24, 2.45) is 5.92 Å². The molecule has 0 heterocycles. The maximum atomic E-state index is 5.81. The highest BCUT2D eigenvalue weighted by Gasteiger charge is 2.21. The third-order valence-electron chi connectivity index (χ3n) is 4.50. The van der Waals surface area contributed by atoms with E-state index < -0.39 is 0 Å². The molecule has 2 nitrogen and oxygen atoms in total. The fourth-order valence-electron chi connectivity index (χ4n) is 2.50. The average molecular weight is 289 g/mol. The van der Waals surface area contributed by atoms with Crippen molar-refractivity contribution in [3.05, 3.63) is 29.8 Å². The molecular formula is C19H31NO. The van der Waals surface area contributed by atoms with Crippen LogP contribution in [0.25, 0.3) is 0 Å². The zero-order valence-electron chi connectivity index (χ0n) is 14.0. The van der Waals surface area contributed by atoms with Gasteiger partial charge in [-0.3, -0.25) is 4.90 Å². The van der Waals surface area contributed by atoms with Crippen LogP contribution in [0, 0.1) is 5.92 Å². The molecule has 2 rings (SSSR count). The SMILES string of the molecule is CCCCN(Cc1ccc(OCC2CC2)cc1)[C@@H](C)CC. The zero-order valence-corrected chi connectivity index (χ0v) is 14.0. The number of ether oxygens (including phenoxy) is 1. The van der Waals surface area contributed by atoms with Crippen LogP contribution in [0.4, 0.5) is 0 Å². The summed E-state index contributed by atoms with van der Waals surface area (Å²) in [7, 11) is 0. The summed E-state index contributed by atoms with van der Waals surface area (Å²) in [5.74, 6) is 1.84. The van der Waals surface area contributed by atoms with Crippen LogP contribution in [-0.2, 0) is 6.54 Å². The Labute approximate surface area is 130 Å². The Balaban J connectivity index is 1.86. The standard InChI is InChI=1S/C19H31NO/c1-4-6-13-20(16(3)5-2)14-17-9-11-19(12-10-17)21-15-18-7-8-18/h9-12,16,18H,4-8,13-15H2,1-3H3/t16-/m0/s1. The highest BCUT2D eigenvalue weighted by atomic mass is 16.5. The van der Waals surface area contributed by atoms with Gasteiger partial charge >= 0.3 is 0 Å². The minimum absolute atomic E-state index is 0.655.